The Labute approximate surface area is 339 Å². The number of hydrogen-bond donors (Lipinski definition) is 0. The minimum absolute atomic E-state index is 0.0466. The predicted molar refractivity (Wildman–Crippen MR) is 243 cm³/mol. The van der Waals surface area contributed by atoms with Crippen LogP contribution in [0.2, 0.25) is 0 Å². The molecule has 0 fully saturated rings. The Kier molecular flexibility index (Phi) is 6.87. The van der Waals surface area contributed by atoms with Gasteiger partial charge in [0.15, 0.2) is 0 Å². The molecule has 1 heteroatoms. The molecule has 0 spiro atoms. The van der Waals surface area contributed by atoms with Crippen LogP contribution in [-0.4, -0.2) is 0 Å². The lowest BCUT2D eigenvalue weighted by atomic mass is 9.77. The molecule has 0 amide bonds. The van der Waals surface area contributed by atoms with E-state index in [9.17, 15) is 0 Å². The van der Waals surface area contributed by atoms with Gasteiger partial charge in [0.25, 0.3) is 0 Å². The van der Waals surface area contributed by atoms with Crippen LogP contribution in [0.25, 0.3) is 76.9 Å². The molecule has 10 aromatic rings. The number of rotatable bonds is 4. The second-order valence-corrected chi connectivity index (χ2v) is 17.6. The maximum atomic E-state index is 7.18. The molecule has 0 N–H and O–H groups in total. The van der Waals surface area contributed by atoms with Crippen LogP contribution < -0.4 is 0 Å². The zero-order chi connectivity index (χ0) is 38.9. The molecule has 1 atom stereocenters. The van der Waals surface area contributed by atoms with Crippen LogP contribution >= 0.6 is 0 Å². The summed E-state index contributed by atoms with van der Waals surface area (Å²) in [5, 5.41) is 7.27. The highest BCUT2D eigenvalue weighted by Gasteiger charge is 2.37. The predicted octanol–water partition coefficient (Wildman–Crippen LogP) is 15.4. The Morgan fingerprint density at radius 3 is 1.74 bits per heavy atom. The van der Waals surface area contributed by atoms with E-state index in [-0.39, 0.29) is 16.7 Å². The summed E-state index contributed by atoms with van der Waals surface area (Å²) in [6.07, 6.45) is 0. The maximum Gasteiger partial charge on any atom is 0.143 e. The van der Waals surface area contributed by atoms with Crippen LogP contribution in [0.3, 0.4) is 0 Å². The summed E-state index contributed by atoms with van der Waals surface area (Å²) >= 11 is 0. The Balaban J connectivity index is 1.14. The SMILES string of the molecule is CC1(C)c2ccccc2-c2ccc(-c3c4ccccc4cc4c3oc3cccc(C(c5ccc6c(c5)C(C)(C)c5ccccc5-6)c5cccc6ccccc56)c34)cc21. The zero-order valence-electron chi connectivity index (χ0n) is 33.2. The van der Waals surface area contributed by atoms with Crippen molar-refractivity contribution in [3.8, 4) is 33.4 Å². The molecule has 0 bridgehead atoms. The third-order valence-electron chi connectivity index (χ3n) is 13.8. The number of furan rings is 1. The van der Waals surface area contributed by atoms with Crippen LogP contribution in [0.4, 0.5) is 0 Å². The van der Waals surface area contributed by atoms with Gasteiger partial charge in [0, 0.05) is 33.1 Å². The molecule has 2 aliphatic rings. The van der Waals surface area contributed by atoms with Crippen molar-refractivity contribution in [3.05, 3.63) is 215 Å². The van der Waals surface area contributed by atoms with Gasteiger partial charge in [-0.25, -0.2) is 0 Å². The lowest BCUT2D eigenvalue weighted by molar-refractivity contribution is 0.659. The van der Waals surface area contributed by atoms with E-state index in [1.807, 2.05) is 0 Å². The monoisotopic (exact) mass is 742 g/mol. The summed E-state index contributed by atoms with van der Waals surface area (Å²) in [5.74, 6) is -0.0466. The van der Waals surface area contributed by atoms with Gasteiger partial charge < -0.3 is 4.42 Å². The van der Waals surface area contributed by atoms with Crippen molar-refractivity contribution in [2.24, 2.45) is 0 Å². The second kappa shape index (κ2) is 11.9. The van der Waals surface area contributed by atoms with Gasteiger partial charge in [-0.15, -0.1) is 0 Å². The lowest BCUT2D eigenvalue weighted by Gasteiger charge is -2.25. The normalized spacial score (nSPS) is 15.1. The van der Waals surface area contributed by atoms with Crippen LogP contribution in [0.5, 0.6) is 0 Å². The Morgan fingerprint density at radius 1 is 0.414 bits per heavy atom. The van der Waals surface area contributed by atoms with Crippen LogP contribution in [0.15, 0.2) is 180 Å². The minimum Gasteiger partial charge on any atom is -0.455 e. The van der Waals surface area contributed by atoms with E-state index in [2.05, 4.69) is 204 Å². The molecule has 9 aromatic carbocycles. The average Bonchev–Trinajstić information content (AvgIpc) is 3.82. The molecule has 1 aromatic heterocycles. The first kappa shape index (κ1) is 33.4. The molecule has 0 saturated heterocycles. The largest absolute Gasteiger partial charge is 0.455 e. The summed E-state index contributed by atoms with van der Waals surface area (Å²) in [6, 6.07) is 65.7. The summed E-state index contributed by atoms with van der Waals surface area (Å²) in [7, 11) is 0. The Bertz CT molecular complexity index is 3350. The van der Waals surface area contributed by atoms with Crippen LogP contribution in [-0.2, 0) is 10.8 Å². The van der Waals surface area contributed by atoms with Crippen molar-refractivity contribution in [3.63, 3.8) is 0 Å². The third kappa shape index (κ3) is 4.53. The van der Waals surface area contributed by atoms with Gasteiger partial charge in [-0.1, -0.05) is 185 Å². The molecule has 0 saturated carbocycles. The van der Waals surface area contributed by atoms with Crippen molar-refractivity contribution < 1.29 is 4.42 Å². The van der Waals surface area contributed by atoms with E-state index in [0.717, 1.165) is 22.1 Å². The molecule has 0 radical (unpaired) electrons. The smallest absolute Gasteiger partial charge is 0.143 e. The fourth-order valence-corrected chi connectivity index (χ4v) is 11.0. The van der Waals surface area contributed by atoms with E-state index < -0.39 is 0 Å². The molecule has 276 valence electrons. The molecular weight excluding hydrogens is 701 g/mol. The topological polar surface area (TPSA) is 13.1 Å². The molecule has 58 heavy (non-hydrogen) atoms. The van der Waals surface area contributed by atoms with Crippen molar-refractivity contribution >= 4 is 43.5 Å². The number of fused-ring (bicyclic) bond motifs is 11. The average molecular weight is 743 g/mol. The van der Waals surface area contributed by atoms with Gasteiger partial charge in [-0.3, -0.25) is 0 Å². The fraction of sp³-hybridized carbons (Fsp3) is 0.123. The van der Waals surface area contributed by atoms with E-state index in [1.54, 1.807) is 0 Å². The van der Waals surface area contributed by atoms with E-state index in [4.69, 9.17) is 4.42 Å². The number of hydrogen-bond acceptors (Lipinski definition) is 1. The van der Waals surface area contributed by atoms with E-state index in [1.165, 1.54) is 93.7 Å². The van der Waals surface area contributed by atoms with Gasteiger partial charge >= 0.3 is 0 Å². The van der Waals surface area contributed by atoms with Gasteiger partial charge in [0.1, 0.15) is 11.2 Å². The lowest BCUT2D eigenvalue weighted by Crippen LogP contribution is -2.16. The molecule has 1 nitrogen and oxygen atoms in total. The molecule has 2 aliphatic carbocycles. The van der Waals surface area contributed by atoms with E-state index in [0.29, 0.717) is 0 Å². The van der Waals surface area contributed by atoms with Crippen molar-refractivity contribution in [2.45, 2.75) is 44.4 Å². The van der Waals surface area contributed by atoms with Gasteiger partial charge in [0.2, 0.25) is 0 Å². The second-order valence-electron chi connectivity index (χ2n) is 17.6. The van der Waals surface area contributed by atoms with Crippen molar-refractivity contribution in [1.29, 1.82) is 0 Å². The Hall–Kier alpha value is -6.70. The minimum atomic E-state index is -0.112. The highest BCUT2D eigenvalue weighted by Crippen LogP contribution is 2.53. The maximum absolute atomic E-state index is 7.18. The first-order valence-electron chi connectivity index (χ1n) is 20.6. The Morgan fingerprint density at radius 2 is 0.983 bits per heavy atom. The third-order valence-corrected chi connectivity index (χ3v) is 13.8. The fourth-order valence-electron chi connectivity index (χ4n) is 11.0. The zero-order valence-corrected chi connectivity index (χ0v) is 33.2. The van der Waals surface area contributed by atoms with E-state index >= 15 is 0 Å². The standard InChI is InChI=1S/C57H42O/c1-56(2)47-24-11-9-20-40(47)42-29-27-36(32-49(42)56)52(44-22-13-17-34-15-5-7-18-38(34)44)45-23-14-26-51-54(45)46-31-35-16-6-8-19-39(35)53(55(46)58-51)37-28-30-43-41-21-10-12-25-48(41)57(3,4)50(43)33-37/h5-33,52H,1-4H3. The van der Waals surface area contributed by atoms with Crippen LogP contribution in [0.1, 0.15) is 72.6 Å². The summed E-state index contributed by atoms with van der Waals surface area (Å²) in [4.78, 5) is 0. The summed E-state index contributed by atoms with van der Waals surface area (Å²) in [5.41, 5.74) is 18.7. The molecule has 12 rings (SSSR count). The van der Waals surface area contributed by atoms with Gasteiger partial charge in [-0.2, -0.15) is 0 Å². The summed E-state index contributed by atoms with van der Waals surface area (Å²) in [6.45, 7) is 9.48. The molecule has 1 heterocycles. The van der Waals surface area contributed by atoms with Crippen molar-refractivity contribution in [2.75, 3.05) is 0 Å². The van der Waals surface area contributed by atoms with Gasteiger partial charge in [0.05, 0.1) is 0 Å². The molecule has 0 aliphatic heterocycles. The van der Waals surface area contributed by atoms with Crippen molar-refractivity contribution in [1.82, 2.24) is 0 Å². The first-order chi connectivity index (χ1) is 28.3. The summed E-state index contributed by atoms with van der Waals surface area (Å²) < 4.78 is 7.18. The first-order valence-corrected chi connectivity index (χ1v) is 20.6. The quantitative estimate of drug-likeness (QED) is 0.164. The highest BCUT2D eigenvalue weighted by atomic mass is 16.3. The highest BCUT2D eigenvalue weighted by molar-refractivity contribution is 6.19. The number of benzene rings is 9. The van der Waals surface area contributed by atoms with Crippen LogP contribution in [0, 0.1) is 0 Å². The van der Waals surface area contributed by atoms with Gasteiger partial charge in [-0.05, 0) is 107 Å². The molecule has 1 unspecified atom stereocenters. The molecular formula is C57H42O.